The van der Waals surface area contributed by atoms with Gasteiger partial charge >= 0.3 is 0 Å². The molecule has 10 nitrogen and oxygen atoms in total. The van der Waals surface area contributed by atoms with E-state index in [2.05, 4.69) is 15.0 Å². The van der Waals surface area contributed by atoms with Crippen molar-refractivity contribution in [3.8, 4) is 0 Å². The number of anilines is 1. The Hall–Kier alpha value is -1.85. The minimum atomic E-state index is -1.19. The molecule has 2 aromatic rings. The molecule has 4 N–H and O–H groups in total. The second-order valence-corrected chi connectivity index (χ2v) is 6.38. The first-order valence-corrected chi connectivity index (χ1v) is 8.58. The zero-order valence-corrected chi connectivity index (χ0v) is 14.9. The number of rotatable bonds is 8. The number of nitrogens with zero attached hydrogens (tertiary/aromatic N) is 4. The minimum Gasteiger partial charge on any atom is -0.393 e. The standard InChI is InChI=1S/C16H25N5O5/c1-3-4-5-25-12-11(23)15(26-16(12,6-22)7-24-2)21-9-20-10-13(17)18-8-19-14(10)21/h8-9,11-12,15,22-23H,3-7H2,1-2H3,(H2,17,18,19)/t11-,12?,15+,16-/m0/s1. The van der Waals surface area contributed by atoms with Gasteiger partial charge in [0.15, 0.2) is 17.7 Å². The van der Waals surface area contributed by atoms with Gasteiger partial charge in [0.2, 0.25) is 0 Å². The fourth-order valence-corrected chi connectivity index (χ4v) is 3.25. The number of aliphatic hydroxyl groups excluding tert-OH is 2. The van der Waals surface area contributed by atoms with Crippen LogP contribution < -0.4 is 5.73 Å². The van der Waals surface area contributed by atoms with E-state index in [1.807, 2.05) is 6.92 Å². The molecular weight excluding hydrogens is 342 g/mol. The number of aliphatic hydroxyl groups is 2. The van der Waals surface area contributed by atoms with E-state index in [-0.39, 0.29) is 19.0 Å². The Kier molecular flexibility index (Phi) is 5.68. The molecule has 0 aromatic carbocycles. The summed E-state index contributed by atoms with van der Waals surface area (Å²) in [6, 6.07) is 0. The van der Waals surface area contributed by atoms with Crippen LogP contribution in [0.5, 0.6) is 0 Å². The molecule has 1 saturated heterocycles. The number of nitrogen functional groups attached to an aromatic ring is 1. The van der Waals surface area contributed by atoms with Crippen molar-refractivity contribution in [2.45, 2.75) is 43.8 Å². The molecule has 0 spiro atoms. The number of hydrogen-bond donors (Lipinski definition) is 3. The minimum absolute atomic E-state index is 0.0671. The highest BCUT2D eigenvalue weighted by Gasteiger charge is 2.56. The van der Waals surface area contributed by atoms with Crippen LogP contribution >= 0.6 is 0 Å². The van der Waals surface area contributed by atoms with Gasteiger partial charge in [-0.25, -0.2) is 15.0 Å². The fraction of sp³-hybridized carbons (Fsp3) is 0.688. The van der Waals surface area contributed by atoms with Crippen LogP contribution in [0.3, 0.4) is 0 Å². The third-order valence-corrected chi connectivity index (χ3v) is 4.59. The molecular formula is C16H25N5O5. The second-order valence-electron chi connectivity index (χ2n) is 6.38. The van der Waals surface area contributed by atoms with E-state index in [1.54, 1.807) is 4.57 Å². The third-order valence-electron chi connectivity index (χ3n) is 4.59. The highest BCUT2D eigenvalue weighted by Crippen LogP contribution is 2.40. The van der Waals surface area contributed by atoms with Crippen LogP contribution in [0.25, 0.3) is 11.2 Å². The van der Waals surface area contributed by atoms with Crippen molar-refractivity contribution >= 4 is 17.0 Å². The van der Waals surface area contributed by atoms with Crippen molar-refractivity contribution in [2.75, 3.05) is 32.7 Å². The number of ether oxygens (including phenoxy) is 3. The Morgan fingerprint density at radius 3 is 2.88 bits per heavy atom. The summed E-state index contributed by atoms with van der Waals surface area (Å²) in [6.45, 7) is 2.19. The highest BCUT2D eigenvalue weighted by molar-refractivity contribution is 5.81. The number of hydrogen-bond acceptors (Lipinski definition) is 9. The Morgan fingerprint density at radius 1 is 1.38 bits per heavy atom. The molecule has 0 radical (unpaired) electrons. The van der Waals surface area contributed by atoms with E-state index in [0.717, 1.165) is 12.8 Å². The Bertz CT molecular complexity index is 741. The molecule has 3 rings (SSSR count). The molecule has 26 heavy (non-hydrogen) atoms. The number of fused-ring (bicyclic) bond motifs is 1. The molecule has 0 aliphatic carbocycles. The molecule has 3 heterocycles. The lowest BCUT2D eigenvalue weighted by molar-refractivity contribution is -0.165. The monoisotopic (exact) mass is 367 g/mol. The largest absolute Gasteiger partial charge is 0.393 e. The van der Waals surface area contributed by atoms with Crippen LogP contribution in [0.15, 0.2) is 12.7 Å². The van der Waals surface area contributed by atoms with E-state index in [1.165, 1.54) is 19.8 Å². The van der Waals surface area contributed by atoms with Gasteiger partial charge in [0.1, 0.15) is 29.7 Å². The number of unbranched alkanes of at least 4 members (excludes halogenated alkanes) is 1. The lowest BCUT2D eigenvalue weighted by Gasteiger charge is -2.32. The molecule has 1 aliphatic heterocycles. The van der Waals surface area contributed by atoms with Gasteiger partial charge in [-0.05, 0) is 6.42 Å². The summed E-state index contributed by atoms with van der Waals surface area (Å²) >= 11 is 0. The van der Waals surface area contributed by atoms with Crippen molar-refractivity contribution in [1.82, 2.24) is 19.5 Å². The van der Waals surface area contributed by atoms with Crippen LogP contribution in [-0.2, 0) is 14.2 Å². The zero-order chi connectivity index (χ0) is 18.7. The van der Waals surface area contributed by atoms with E-state index in [9.17, 15) is 10.2 Å². The predicted octanol–water partition coefficient (Wildman–Crippen LogP) is -0.139. The zero-order valence-electron chi connectivity index (χ0n) is 14.9. The van der Waals surface area contributed by atoms with Gasteiger partial charge < -0.3 is 30.2 Å². The maximum Gasteiger partial charge on any atom is 0.167 e. The summed E-state index contributed by atoms with van der Waals surface area (Å²) in [5.41, 5.74) is 5.48. The Morgan fingerprint density at radius 2 is 2.19 bits per heavy atom. The van der Waals surface area contributed by atoms with Gasteiger partial charge in [-0.1, -0.05) is 13.3 Å². The van der Waals surface area contributed by atoms with Crippen LogP contribution in [0.4, 0.5) is 5.82 Å². The molecule has 0 saturated carbocycles. The molecule has 144 valence electrons. The Labute approximate surface area is 150 Å². The molecule has 2 aromatic heterocycles. The number of nitrogens with two attached hydrogens (primary N) is 1. The highest BCUT2D eigenvalue weighted by atomic mass is 16.6. The molecule has 4 atom stereocenters. The molecule has 0 amide bonds. The Balaban J connectivity index is 1.96. The van der Waals surface area contributed by atoms with Gasteiger partial charge in [-0.3, -0.25) is 4.57 Å². The summed E-state index contributed by atoms with van der Waals surface area (Å²) in [6.07, 6.45) is 1.91. The number of imidazole rings is 1. The summed E-state index contributed by atoms with van der Waals surface area (Å²) in [7, 11) is 1.50. The van der Waals surface area contributed by atoms with E-state index >= 15 is 0 Å². The maximum atomic E-state index is 10.9. The van der Waals surface area contributed by atoms with E-state index in [4.69, 9.17) is 19.9 Å². The van der Waals surface area contributed by atoms with Crippen LogP contribution in [0.1, 0.15) is 26.0 Å². The summed E-state index contributed by atoms with van der Waals surface area (Å²) in [4.78, 5) is 12.3. The van der Waals surface area contributed by atoms with Crippen molar-refractivity contribution < 1.29 is 24.4 Å². The van der Waals surface area contributed by atoms with Crippen molar-refractivity contribution in [3.05, 3.63) is 12.7 Å². The van der Waals surface area contributed by atoms with Crippen molar-refractivity contribution in [3.63, 3.8) is 0 Å². The topological polar surface area (TPSA) is 138 Å². The van der Waals surface area contributed by atoms with Gasteiger partial charge in [0.05, 0.1) is 19.5 Å². The predicted molar refractivity (Wildman–Crippen MR) is 92.2 cm³/mol. The molecule has 1 unspecified atom stereocenters. The normalized spacial score (nSPS) is 28.8. The molecule has 1 aliphatic rings. The van der Waals surface area contributed by atoms with Crippen molar-refractivity contribution in [1.29, 1.82) is 0 Å². The first kappa shape index (κ1) is 18.9. The summed E-state index contributed by atoms with van der Waals surface area (Å²) in [5, 5.41) is 20.9. The lowest BCUT2D eigenvalue weighted by Crippen LogP contribution is -2.51. The van der Waals surface area contributed by atoms with Gasteiger partial charge in [-0.2, -0.15) is 0 Å². The van der Waals surface area contributed by atoms with E-state index in [0.29, 0.717) is 17.8 Å². The molecule has 1 fully saturated rings. The van der Waals surface area contributed by atoms with Crippen LogP contribution in [-0.4, -0.2) is 74.5 Å². The first-order chi connectivity index (χ1) is 12.6. The smallest absolute Gasteiger partial charge is 0.167 e. The van der Waals surface area contributed by atoms with Crippen molar-refractivity contribution in [2.24, 2.45) is 0 Å². The summed E-state index contributed by atoms with van der Waals surface area (Å²) < 4.78 is 18.7. The van der Waals surface area contributed by atoms with Gasteiger partial charge in [0.25, 0.3) is 0 Å². The molecule has 10 heteroatoms. The first-order valence-electron chi connectivity index (χ1n) is 8.58. The average Bonchev–Trinajstić information content (AvgIpc) is 3.17. The average molecular weight is 367 g/mol. The van der Waals surface area contributed by atoms with Gasteiger partial charge in [-0.15, -0.1) is 0 Å². The van der Waals surface area contributed by atoms with Gasteiger partial charge in [0, 0.05) is 13.7 Å². The quantitative estimate of drug-likeness (QED) is 0.544. The lowest BCUT2D eigenvalue weighted by atomic mass is 9.96. The SMILES string of the molecule is CCCCOC1[C@H](O)[C@H](n2cnc3c(N)ncnc32)O[C@@]1(CO)COC. The third kappa shape index (κ3) is 3.14. The molecule has 0 bridgehead atoms. The number of aromatic nitrogens is 4. The summed E-state index contributed by atoms with van der Waals surface area (Å²) in [5.74, 6) is 0.238. The maximum absolute atomic E-state index is 10.9. The van der Waals surface area contributed by atoms with Crippen LogP contribution in [0, 0.1) is 0 Å². The van der Waals surface area contributed by atoms with Crippen LogP contribution in [0.2, 0.25) is 0 Å². The number of methoxy groups -OCH3 is 1. The fourth-order valence-electron chi connectivity index (χ4n) is 3.25. The van der Waals surface area contributed by atoms with E-state index < -0.39 is 24.0 Å². The second kappa shape index (κ2) is 7.80.